The van der Waals surface area contributed by atoms with Gasteiger partial charge in [0.15, 0.2) is 0 Å². The molecule has 0 radical (unpaired) electrons. The van der Waals surface area contributed by atoms with Gasteiger partial charge in [0.1, 0.15) is 11.5 Å². The summed E-state index contributed by atoms with van der Waals surface area (Å²) in [6.45, 7) is 0. The number of allylic oxidation sites excluding steroid dienone is 1. The van der Waals surface area contributed by atoms with Crippen LogP contribution in [0.3, 0.4) is 0 Å². The smallest absolute Gasteiger partial charge is 0.277 e. The zero-order valence-corrected chi connectivity index (χ0v) is 10.1. The van der Waals surface area contributed by atoms with E-state index in [0.717, 1.165) is 17.1 Å². The van der Waals surface area contributed by atoms with E-state index in [1.807, 2.05) is 54.6 Å². The van der Waals surface area contributed by atoms with Crippen LogP contribution < -0.4 is 4.74 Å². The molecule has 2 aromatic carbocycles. The molecular formula is C16H11NO2. The van der Waals surface area contributed by atoms with Crippen LogP contribution in [0.4, 0.5) is 0 Å². The summed E-state index contributed by atoms with van der Waals surface area (Å²) in [5, 5.41) is 0. The van der Waals surface area contributed by atoms with Crippen molar-refractivity contribution in [1.82, 2.24) is 0 Å². The number of hydrogen-bond acceptors (Lipinski definition) is 2. The van der Waals surface area contributed by atoms with Crippen molar-refractivity contribution in [2.24, 2.45) is 4.99 Å². The molecule has 1 aliphatic heterocycles. The van der Waals surface area contributed by atoms with E-state index in [1.165, 1.54) is 6.21 Å². The number of rotatable bonds is 3. The number of para-hydroxylation sites is 1. The Kier molecular flexibility index (Phi) is 2.94. The van der Waals surface area contributed by atoms with Gasteiger partial charge in [0.25, 0.3) is 5.91 Å². The molecular weight excluding hydrogens is 238 g/mol. The molecule has 0 bridgehead atoms. The van der Waals surface area contributed by atoms with E-state index in [-0.39, 0.29) is 5.91 Å². The van der Waals surface area contributed by atoms with Gasteiger partial charge in [0.05, 0.1) is 5.57 Å². The fourth-order valence-electron chi connectivity index (χ4n) is 1.87. The monoisotopic (exact) mass is 249 g/mol. The van der Waals surface area contributed by atoms with Gasteiger partial charge in [-0.1, -0.05) is 30.3 Å². The van der Waals surface area contributed by atoms with Crippen molar-refractivity contribution < 1.29 is 9.53 Å². The van der Waals surface area contributed by atoms with E-state index in [0.29, 0.717) is 5.57 Å². The van der Waals surface area contributed by atoms with E-state index in [2.05, 4.69) is 4.99 Å². The van der Waals surface area contributed by atoms with Gasteiger partial charge in [0.2, 0.25) is 0 Å². The fourth-order valence-corrected chi connectivity index (χ4v) is 1.87. The average Bonchev–Trinajstić information content (AvgIpc) is 2.87. The lowest BCUT2D eigenvalue weighted by Gasteiger charge is -2.06. The van der Waals surface area contributed by atoms with Gasteiger partial charge in [-0.25, -0.2) is 4.99 Å². The second kappa shape index (κ2) is 4.90. The highest BCUT2D eigenvalue weighted by Crippen LogP contribution is 2.24. The molecule has 2 aromatic rings. The Labute approximate surface area is 110 Å². The van der Waals surface area contributed by atoms with Crippen molar-refractivity contribution >= 4 is 17.7 Å². The van der Waals surface area contributed by atoms with Crippen LogP contribution in [0.5, 0.6) is 11.5 Å². The molecule has 19 heavy (non-hydrogen) atoms. The van der Waals surface area contributed by atoms with Crippen molar-refractivity contribution in [2.75, 3.05) is 0 Å². The molecule has 3 heteroatoms. The largest absolute Gasteiger partial charge is 0.457 e. The summed E-state index contributed by atoms with van der Waals surface area (Å²) in [6.07, 6.45) is 3.24. The van der Waals surface area contributed by atoms with Crippen molar-refractivity contribution in [2.45, 2.75) is 0 Å². The van der Waals surface area contributed by atoms with Gasteiger partial charge in [0, 0.05) is 6.21 Å². The zero-order chi connectivity index (χ0) is 13.1. The molecule has 3 rings (SSSR count). The number of benzene rings is 2. The second-order valence-electron chi connectivity index (χ2n) is 4.10. The summed E-state index contributed by atoms with van der Waals surface area (Å²) in [7, 11) is 0. The molecule has 0 spiro atoms. The Morgan fingerprint density at radius 3 is 2.16 bits per heavy atom. The molecule has 0 fully saturated rings. The van der Waals surface area contributed by atoms with Crippen LogP contribution in [0, 0.1) is 0 Å². The Morgan fingerprint density at radius 1 is 0.842 bits per heavy atom. The Balaban J connectivity index is 1.78. The molecule has 0 saturated heterocycles. The number of hydrogen-bond donors (Lipinski definition) is 0. The lowest BCUT2D eigenvalue weighted by molar-refractivity contribution is -0.112. The average molecular weight is 249 g/mol. The van der Waals surface area contributed by atoms with Gasteiger partial charge in [-0.2, -0.15) is 0 Å². The summed E-state index contributed by atoms with van der Waals surface area (Å²) in [6, 6.07) is 17.0. The maximum absolute atomic E-state index is 11.5. The molecule has 3 nitrogen and oxygen atoms in total. The first kappa shape index (κ1) is 11.4. The summed E-state index contributed by atoms with van der Waals surface area (Å²) in [5.74, 6) is 1.33. The number of amides is 1. The first-order valence-corrected chi connectivity index (χ1v) is 5.95. The van der Waals surface area contributed by atoms with E-state index in [4.69, 9.17) is 4.74 Å². The number of ether oxygens (including phenoxy) is 1. The van der Waals surface area contributed by atoms with Crippen LogP contribution in [0.15, 0.2) is 65.7 Å². The fraction of sp³-hybridized carbons (Fsp3) is 0. The standard InChI is InChI=1S/C16H11NO2/c18-16-15(10-11-17-16)12-6-8-14(9-7-12)19-13-4-2-1-3-5-13/h1-11H. The van der Waals surface area contributed by atoms with Crippen molar-refractivity contribution in [3.8, 4) is 11.5 Å². The van der Waals surface area contributed by atoms with Crippen molar-refractivity contribution in [3.05, 3.63) is 66.2 Å². The van der Waals surface area contributed by atoms with E-state index >= 15 is 0 Å². The molecule has 0 unspecified atom stereocenters. The predicted octanol–water partition coefficient (Wildman–Crippen LogP) is 3.47. The van der Waals surface area contributed by atoms with Gasteiger partial charge >= 0.3 is 0 Å². The number of aliphatic imine (C=N–C) groups is 1. The van der Waals surface area contributed by atoms with Gasteiger partial charge in [-0.15, -0.1) is 0 Å². The lowest BCUT2D eigenvalue weighted by Crippen LogP contribution is -1.93. The second-order valence-corrected chi connectivity index (χ2v) is 4.10. The highest BCUT2D eigenvalue weighted by Gasteiger charge is 2.13. The van der Waals surface area contributed by atoms with E-state index < -0.39 is 0 Å². The number of carbonyl (C=O) groups excluding carboxylic acids is 1. The van der Waals surface area contributed by atoms with Crippen LogP contribution in [-0.4, -0.2) is 12.1 Å². The third kappa shape index (κ3) is 2.45. The van der Waals surface area contributed by atoms with Crippen LogP contribution in [0.25, 0.3) is 5.57 Å². The Bertz CT molecular complexity index is 655. The topological polar surface area (TPSA) is 38.7 Å². The van der Waals surface area contributed by atoms with E-state index in [9.17, 15) is 4.79 Å². The van der Waals surface area contributed by atoms with Crippen molar-refractivity contribution in [3.63, 3.8) is 0 Å². The number of nitrogens with zero attached hydrogens (tertiary/aromatic N) is 1. The van der Waals surface area contributed by atoms with E-state index in [1.54, 1.807) is 6.08 Å². The lowest BCUT2D eigenvalue weighted by atomic mass is 10.1. The minimum atomic E-state index is -0.197. The maximum atomic E-state index is 11.5. The van der Waals surface area contributed by atoms with Gasteiger partial charge < -0.3 is 4.74 Å². The van der Waals surface area contributed by atoms with Gasteiger partial charge in [-0.3, -0.25) is 4.79 Å². The molecule has 0 saturated carbocycles. The zero-order valence-electron chi connectivity index (χ0n) is 10.1. The predicted molar refractivity (Wildman–Crippen MR) is 74.4 cm³/mol. The minimum absolute atomic E-state index is 0.197. The van der Waals surface area contributed by atoms with Crippen LogP contribution in [-0.2, 0) is 4.79 Å². The molecule has 92 valence electrons. The van der Waals surface area contributed by atoms with Crippen molar-refractivity contribution in [1.29, 1.82) is 0 Å². The minimum Gasteiger partial charge on any atom is -0.457 e. The molecule has 0 atom stereocenters. The molecule has 0 N–H and O–H groups in total. The maximum Gasteiger partial charge on any atom is 0.277 e. The third-order valence-electron chi connectivity index (χ3n) is 2.81. The first-order chi connectivity index (χ1) is 9.33. The van der Waals surface area contributed by atoms with Crippen LogP contribution >= 0.6 is 0 Å². The molecule has 0 aromatic heterocycles. The quantitative estimate of drug-likeness (QED) is 0.835. The third-order valence-corrected chi connectivity index (χ3v) is 2.81. The summed E-state index contributed by atoms with van der Waals surface area (Å²) in [4.78, 5) is 15.1. The molecule has 1 amide bonds. The summed E-state index contributed by atoms with van der Waals surface area (Å²) >= 11 is 0. The van der Waals surface area contributed by atoms with Crippen LogP contribution in [0.2, 0.25) is 0 Å². The molecule has 1 aliphatic rings. The first-order valence-electron chi connectivity index (χ1n) is 5.95. The molecule has 1 heterocycles. The Morgan fingerprint density at radius 2 is 1.53 bits per heavy atom. The number of carbonyl (C=O) groups is 1. The Hall–Kier alpha value is -2.68. The highest BCUT2D eigenvalue weighted by molar-refractivity contribution is 6.28. The highest BCUT2D eigenvalue weighted by atomic mass is 16.5. The summed E-state index contributed by atoms with van der Waals surface area (Å²) < 4.78 is 5.69. The van der Waals surface area contributed by atoms with Gasteiger partial charge in [-0.05, 0) is 35.9 Å². The summed E-state index contributed by atoms with van der Waals surface area (Å²) in [5.41, 5.74) is 1.47. The normalized spacial score (nSPS) is 13.5. The SMILES string of the molecule is O=C1N=CC=C1c1ccc(Oc2ccccc2)cc1. The molecule has 0 aliphatic carbocycles. The van der Waals surface area contributed by atoms with Crippen LogP contribution in [0.1, 0.15) is 5.56 Å².